The van der Waals surface area contributed by atoms with Gasteiger partial charge in [-0.2, -0.15) is 0 Å². The number of rotatable bonds is 5. The van der Waals surface area contributed by atoms with E-state index in [1.54, 1.807) is 4.90 Å². The number of imide groups is 1. The molecule has 2 fully saturated rings. The lowest BCUT2D eigenvalue weighted by atomic mass is 9.99. The van der Waals surface area contributed by atoms with Crippen LogP contribution in [0.15, 0.2) is 30.3 Å². The average molecular weight is 343 g/mol. The normalized spacial score (nSPS) is 21.6. The van der Waals surface area contributed by atoms with Gasteiger partial charge in [-0.1, -0.05) is 37.3 Å². The van der Waals surface area contributed by atoms with Crippen LogP contribution in [0.2, 0.25) is 0 Å². The fourth-order valence-electron chi connectivity index (χ4n) is 3.37. The average Bonchev–Trinajstić information content (AvgIpc) is 2.89. The Labute approximate surface area is 148 Å². The van der Waals surface area contributed by atoms with Gasteiger partial charge in [0, 0.05) is 13.1 Å². The zero-order valence-electron chi connectivity index (χ0n) is 14.6. The molecule has 3 rings (SSSR count). The smallest absolute Gasteiger partial charge is 0.325 e. The van der Waals surface area contributed by atoms with Crippen molar-refractivity contribution in [1.82, 2.24) is 15.1 Å². The van der Waals surface area contributed by atoms with Gasteiger partial charge < -0.3 is 10.2 Å². The lowest BCUT2D eigenvalue weighted by molar-refractivity contribution is -0.138. The number of benzene rings is 1. The molecule has 1 atom stereocenters. The number of urea groups is 1. The minimum Gasteiger partial charge on any atom is -0.341 e. The summed E-state index contributed by atoms with van der Waals surface area (Å²) in [5.74, 6) is 0.196. The van der Waals surface area contributed by atoms with E-state index in [2.05, 4.69) is 12.2 Å². The molecule has 1 aromatic rings. The molecular weight excluding hydrogens is 318 g/mol. The number of carbonyl (C=O) groups is 3. The van der Waals surface area contributed by atoms with Crippen molar-refractivity contribution in [2.24, 2.45) is 5.92 Å². The zero-order chi connectivity index (χ0) is 17.8. The Morgan fingerprint density at radius 3 is 2.52 bits per heavy atom. The van der Waals surface area contributed by atoms with Crippen LogP contribution >= 0.6 is 0 Å². The number of carbonyl (C=O) groups excluding carboxylic acids is 3. The van der Waals surface area contributed by atoms with E-state index in [9.17, 15) is 14.4 Å². The molecule has 1 N–H and O–H groups in total. The topological polar surface area (TPSA) is 69.7 Å². The van der Waals surface area contributed by atoms with Crippen LogP contribution in [0.4, 0.5) is 4.79 Å². The minimum atomic E-state index is -0.540. The Kier molecular flexibility index (Phi) is 5.36. The van der Waals surface area contributed by atoms with Crippen molar-refractivity contribution in [2.75, 3.05) is 19.6 Å². The highest BCUT2D eigenvalue weighted by Gasteiger charge is 2.39. The summed E-state index contributed by atoms with van der Waals surface area (Å²) in [6, 6.07) is 8.85. The highest BCUT2D eigenvalue weighted by molar-refractivity contribution is 6.06. The first kappa shape index (κ1) is 17.5. The number of hydrogen-bond acceptors (Lipinski definition) is 3. The Morgan fingerprint density at radius 1 is 1.16 bits per heavy atom. The second-order valence-electron chi connectivity index (χ2n) is 7.01. The summed E-state index contributed by atoms with van der Waals surface area (Å²) in [4.78, 5) is 39.8. The van der Waals surface area contributed by atoms with Gasteiger partial charge in [0.05, 0.1) is 0 Å². The predicted octanol–water partition coefficient (Wildman–Crippen LogP) is 1.80. The van der Waals surface area contributed by atoms with Crippen LogP contribution in [-0.2, 0) is 16.0 Å². The molecule has 4 amide bonds. The molecule has 0 spiro atoms. The fraction of sp³-hybridized carbons (Fsp3) is 0.526. The quantitative estimate of drug-likeness (QED) is 0.829. The van der Waals surface area contributed by atoms with Crippen LogP contribution in [-0.4, -0.2) is 53.3 Å². The summed E-state index contributed by atoms with van der Waals surface area (Å²) in [5, 5.41) is 2.71. The monoisotopic (exact) mass is 343 g/mol. The molecule has 6 heteroatoms. The van der Waals surface area contributed by atoms with Crippen LogP contribution < -0.4 is 5.32 Å². The maximum absolute atomic E-state index is 12.5. The van der Waals surface area contributed by atoms with E-state index >= 15 is 0 Å². The van der Waals surface area contributed by atoms with Gasteiger partial charge in [-0.15, -0.1) is 0 Å². The summed E-state index contributed by atoms with van der Waals surface area (Å²) in [7, 11) is 0. The molecule has 0 aliphatic carbocycles. The van der Waals surface area contributed by atoms with E-state index in [1.807, 2.05) is 30.3 Å². The number of likely N-dealkylation sites (tertiary alicyclic amines) is 1. The van der Waals surface area contributed by atoms with E-state index in [-0.39, 0.29) is 18.4 Å². The molecule has 0 aromatic heterocycles. The molecular formula is C19H25N3O3. The van der Waals surface area contributed by atoms with Crippen LogP contribution in [0.1, 0.15) is 31.7 Å². The van der Waals surface area contributed by atoms with E-state index in [4.69, 9.17) is 0 Å². The fourth-order valence-corrected chi connectivity index (χ4v) is 3.37. The van der Waals surface area contributed by atoms with E-state index < -0.39 is 12.1 Å². The van der Waals surface area contributed by atoms with Crippen molar-refractivity contribution < 1.29 is 14.4 Å². The van der Waals surface area contributed by atoms with E-state index in [0.29, 0.717) is 31.8 Å². The van der Waals surface area contributed by atoms with Crippen molar-refractivity contribution in [3.63, 3.8) is 0 Å². The second-order valence-corrected chi connectivity index (χ2v) is 7.01. The molecule has 2 heterocycles. The SMILES string of the molecule is CC1CCN(C(=O)CN2C(=O)N[C@H](CCc3ccccc3)C2=O)CC1. The van der Waals surface area contributed by atoms with Gasteiger partial charge in [-0.3, -0.25) is 14.5 Å². The Morgan fingerprint density at radius 2 is 1.84 bits per heavy atom. The minimum absolute atomic E-state index is 0.140. The van der Waals surface area contributed by atoms with Gasteiger partial charge in [-0.25, -0.2) is 4.79 Å². The van der Waals surface area contributed by atoms with Gasteiger partial charge in [-0.05, 0) is 37.2 Å². The number of hydrogen-bond donors (Lipinski definition) is 1. The van der Waals surface area contributed by atoms with Crippen molar-refractivity contribution >= 4 is 17.8 Å². The zero-order valence-corrected chi connectivity index (χ0v) is 14.6. The standard InChI is InChI=1S/C19H25N3O3/c1-14-9-11-21(12-10-14)17(23)13-22-18(24)16(20-19(22)25)8-7-15-5-3-2-4-6-15/h2-6,14,16H,7-13H2,1H3,(H,20,25)/t16-/m1/s1. The highest BCUT2D eigenvalue weighted by atomic mass is 16.2. The lowest BCUT2D eigenvalue weighted by Gasteiger charge is -2.31. The Bertz CT molecular complexity index is 639. The predicted molar refractivity (Wildman–Crippen MR) is 93.8 cm³/mol. The number of amides is 4. The number of nitrogens with one attached hydrogen (secondary N) is 1. The van der Waals surface area contributed by atoms with Crippen LogP contribution in [0, 0.1) is 5.92 Å². The van der Waals surface area contributed by atoms with Crippen molar-refractivity contribution in [2.45, 2.75) is 38.6 Å². The van der Waals surface area contributed by atoms with E-state index in [0.717, 1.165) is 23.3 Å². The van der Waals surface area contributed by atoms with Gasteiger partial charge >= 0.3 is 6.03 Å². The third kappa shape index (κ3) is 4.18. The molecule has 1 aromatic carbocycles. The van der Waals surface area contributed by atoms with Crippen molar-refractivity contribution in [3.05, 3.63) is 35.9 Å². The van der Waals surface area contributed by atoms with Crippen molar-refractivity contribution in [1.29, 1.82) is 0 Å². The summed E-state index contributed by atoms with van der Waals surface area (Å²) in [6.07, 6.45) is 3.21. The summed E-state index contributed by atoms with van der Waals surface area (Å²) >= 11 is 0. The first-order valence-electron chi connectivity index (χ1n) is 8.98. The van der Waals surface area contributed by atoms with Gasteiger partial charge in [0.2, 0.25) is 5.91 Å². The number of nitrogens with zero attached hydrogens (tertiary/aromatic N) is 2. The Hall–Kier alpha value is -2.37. The summed E-state index contributed by atoms with van der Waals surface area (Å²) < 4.78 is 0. The summed E-state index contributed by atoms with van der Waals surface area (Å²) in [6.45, 7) is 3.44. The van der Waals surface area contributed by atoms with Gasteiger partial charge in [0.15, 0.2) is 0 Å². The first-order chi connectivity index (χ1) is 12.0. The highest BCUT2D eigenvalue weighted by Crippen LogP contribution is 2.17. The largest absolute Gasteiger partial charge is 0.341 e. The third-order valence-electron chi connectivity index (χ3n) is 5.10. The molecule has 2 aliphatic rings. The van der Waals surface area contributed by atoms with Crippen LogP contribution in [0.25, 0.3) is 0 Å². The van der Waals surface area contributed by atoms with E-state index in [1.165, 1.54) is 0 Å². The second kappa shape index (κ2) is 7.68. The van der Waals surface area contributed by atoms with Crippen LogP contribution in [0.5, 0.6) is 0 Å². The first-order valence-corrected chi connectivity index (χ1v) is 8.98. The third-order valence-corrected chi connectivity index (χ3v) is 5.10. The molecule has 0 unspecified atom stereocenters. The molecule has 25 heavy (non-hydrogen) atoms. The van der Waals surface area contributed by atoms with Crippen molar-refractivity contribution in [3.8, 4) is 0 Å². The lowest BCUT2D eigenvalue weighted by Crippen LogP contribution is -2.45. The number of piperidine rings is 1. The van der Waals surface area contributed by atoms with Gasteiger partial charge in [0.25, 0.3) is 5.91 Å². The molecule has 2 aliphatic heterocycles. The summed E-state index contributed by atoms with van der Waals surface area (Å²) in [5.41, 5.74) is 1.13. The molecule has 2 saturated heterocycles. The molecule has 0 radical (unpaired) electrons. The molecule has 0 saturated carbocycles. The number of aryl methyl sites for hydroxylation is 1. The van der Waals surface area contributed by atoms with Crippen LogP contribution in [0.3, 0.4) is 0 Å². The molecule has 6 nitrogen and oxygen atoms in total. The van der Waals surface area contributed by atoms with Gasteiger partial charge in [0.1, 0.15) is 12.6 Å². The Balaban J connectivity index is 1.53. The maximum Gasteiger partial charge on any atom is 0.325 e. The molecule has 134 valence electrons. The maximum atomic E-state index is 12.5. The molecule has 0 bridgehead atoms.